The lowest BCUT2D eigenvalue weighted by molar-refractivity contribution is 1.09. The Morgan fingerprint density at radius 2 is 2.09 bits per heavy atom. The first-order valence-electron chi connectivity index (χ1n) is 4.03. The number of halogens is 1. The molecule has 0 N–H and O–H groups in total. The largest absolute Gasteiger partial charge is 0.0580 e. The van der Waals surface area contributed by atoms with Gasteiger partial charge in [0.25, 0.3) is 0 Å². The molecule has 0 aromatic heterocycles. The van der Waals surface area contributed by atoms with Crippen LogP contribution in [0.1, 0.15) is 29.9 Å². The van der Waals surface area contributed by atoms with E-state index in [1.54, 1.807) is 5.56 Å². The van der Waals surface area contributed by atoms with Crippen molar-refractivity contribution in [2.24, 2.45) is 0 Å². The number of aryl methyl sites for hydroxylation is 1. The van der Waals surface area contributed by atoms with Crippen LogP contribution in [0.2, 0.25) is 0 Å². The van der Waals surface area contributed by atoms with E-state index >= 15 is 0 Å². The molecule has 0 nitrogen and oxygen atoms in total. The third-order valence-corrected chi connectivity index (χ3v) is 2.93. The highest BCUT2D eigenvalue weighted by atomic mass is 127. The van der Waals surface area contributed by atoms with Gasteiger partial charge in [-0.1, -0.05) is 6.07 Å². The predicted molar refractivity (Wildman–Crippen MR) is 55.9 cm³/mol. The van der Waals surface area contributed by atoms with Crippen LogP contribution in [0.25, 0.3) is 0 Å². The van der Waals surface area contributed by atoms with E-state index in [0.29, 0.717) is 0 Å². The number of hydrogen-bond donors (Lipinski definition) is 0. The average Bonchev–Trinajstić information content (AvgIpc) is 2.76. The van der Waals surface area contributed by atoms with Gasteiger partial charge in [0.05, 0.1) is 0 Å². The minimum absolute atomic E-state index is 0.893. The molecule has 1 saturated carbocycles. The highest BCUT2D eigenvalue weighted by molar-refractivity contribution is 14.1. The average molecular weight is 258 g/mol. The fraction of sp³-hybridized carbons (Fsp3) is 0.400. The van der Waals surface area contributed by atoms with Crippen molar-refractivity contribution in [3.8, 4) is 0 Å². The summed E-state index contributed by atoms with van der Waals surface area (Å²) in [6.07, 6.45) is 2.81. The van der Waals surface area contributed by atoms with Crippen LogP contribution < -0.4 is 0 Å². The Labute approximate surface area is 81.1 Å². The zero-order valence-electron chi connectivity index (χ0n) is 6.60. The Morgan fingerprint density at radius 1 is 1.36 bits per heavy atom. The summed E-state index contributed by atoms with van der Waals surface area (Å²) in [5.41, 5.74) is 3.05. The van der Waals surface area contributed by atoms with E-state index in [-0.39, 0.29) is 0 Å². The van der Waals surface area contributed by atoms with E-state index in [9.17, 15) is 0 Å². The summed E-state index contributed by atoms with van der Waals surface area (Å²) in [4.78, 5) is 0. The van der Waals surface area contributed by atoms with Gasteiger partial charge in [0.2, 0.25) is 0 Å². The number of rotatable bonds is 1. The first kappa shape index (κ1) is 7.59. The summed E-state index contributed by atoms with van der Waals surface area (Å²) in [5.74, 6) is 0.893. The SMILES string of the molecule is Cc1ccc(I)cc1C1CC1. The molecular weight excluding hydrogens is 247 g/mol. The Bertz CT molecular complexity index is 274. The smallest absolute Gasteiger partial charge is 0.0133 e. The van der Waals surface area contributed by atoms with Gasteiger partial charge in [0.15, 0.2) is 0 Å². The number of benzene rings is 1. The second-order valence-corrected chi connectivity index (χ2v) is 4.52. The molecule has 1 aromatic rings. The second kappa shape index (κ2) is 2.77. The van der Waals surface area contributed by atoms with Crippen molar-refractivity contribution in [1.82, 2.24) is 0 Å². The molecule has 58 valence electrons. The fourth-order valence-electron chi connectivity index (χ4n) is 1.45. The molecule has 1 aliphatic carbocycles. The van der Waals surface area contributed by atoms with Crippen molar-refractivity contribution >= 4 is 22.6 Å². The van der Waals surface area contributed by atoms with Crippen LogP contribution in [-0.4, -0.2) is 0 Å². The summed E-state index contributed by atoms with van der Waals surface area (Å²) < 4.78 is 1.37. The molecule has 0 atom stereocenters. The van der Waals surface area contributed by atoms with Crippen LogP contribution in [0.4, 0.5) is 0 Å². The lowest BCUT2D eigenvalue weighted by Crippen LogP contribution is -1.85. The molecule has 1 aliphatic rings. The Kier molecular flexibility index (Phi) is 1.91. The molecule has 1 heteroatoms. The molecule has 0 unspecified atom stereocenters. The molecule has 0 bridgehead atoms. The summed E-state index contributed by atoms with van der Waals surface area (Å²) in [5, 5.41) is 0. The quantitative estimate of drug-likeness (QED) is 0.676. The zero-order chi connectivity index (χ0) is 7.84. The van der Waals surface area contributed by atoms with Crippen LogP contribution in [-0.2, 0) is 0 Å². The molecule has 0 amide bonds. The molecule has 2 rings (SSSR count). The van der Waals surface area contributed by atoms with Gasteiger partial charge in [-0.3, -0.25) is 0 Å². The summed E-state index contributed by atoms with van der Waals surface area (Å²) in [7, 11) is 0. The predicted octanol–water partition coefficient (Wildman–Crippen LogP) is 3.48. The third kappa shape index (κ3) is 1.58. The Balaban J connectivity index is 2.42. The van der Waals surface area contributed by atoms with E-state index in [1.807, 2.05) is 0 Å². The lowest BCUT2D eigenvalue weighted by atomic mass is 10.1. The van der Waals surface area contributed by atoms with Crippen molar-refractivity contribution < 1.29 is 0 Å². The van der Waals surface area contributed by atoms with Gasteiger partial charge >= 0.3 is 0 Å². The van der Waals surface area contributed by atoms with E-state index in [4.69, 9.17) is 0 Å². The van der Waals surface area contributed by atoms with Gasteiger partial charge in [-0.25, -0.2) is 0 Å². The molecule has 0 spiro atoms. The van der Waals surface area contributed by atoms with Gasteiger partial charge in [0.1, 0.15) is 0 Å². The number of hydrogen-bond acceptors (Lipinski definition) is 0. The topological polar surface area (TPSA) is 0 Å². The molecule has 0 saturated heterocycles. The zero-order valence-corrected chi connectivity index (χ0v) is 8.76. The second-order valence-electron chi connectivity index (χ2n) is 3.28. The van der Waals surface area contributed by atoms with Crippen LogP contribution in [0, 0.1) is 10.5 Å². The fourth-order valence-corrected chi connectivity index (χ4v) is 1.96. The first-order chi connectivity index (χ1) is 5.27. The summed E-state index contributed by atoms with van der Waals surface area (Å²) >= 11 is 2.38. The minimum Gasteiger partial charge on any atom is -0.0580 e. The molecule has 1 fully saturated rings. The third-order valence-electron chi connectivity index (χ3n) is 2.26. The molecule has 1 aromatic carbocycles. The van der Waals surface area contributed by atoms with E-state index in [0.717, 1.165) is 5.92 Å². The standard InChI is InChI=1S/C10H11I/c1-7-2-5-9(11)6-10(7)8-3-4-8/h2,5-6,8H,3-4H2,1H3. The van der Waals surface area contributed by atoms with Gasteiger partial charge < -0.3 is 0 Å². The van der Waals surface area contributed by atoms with Crippen molar-refractivity contribution in [2.45, 2.75) is 25.7 Å². The first-order valence-corrected chi connectivity index (χ1v) is 5.11. The monoisotopic (exact) mass is 258 g/mol. The van der Waals surface area contributed by atoms with Gasteiger partial charge in [-0.05, 0) is 71.5 Å². The highest BCUT2D eigenvalue weighted by Gasteiger charge is 2.24. The Morgan fingerprint density at radius 3 is 2.73 bits per heavy atom. The van der Waals surface area contributed by atoms with Crippen LogP contribution in [0.5, 0.6) is 0 Å². The van der Waals surface area contributed by atoms with E-state index < -0.39 is 0 Å². The lowest BCUT2D eigenvalue weighted by Gasteiger charge is -2.03. The maximum atomic E-state index is 2.38. The van der Waals surface area contributed by atoms with Gasteiger partial charge in [-0.2, -0.15) is 0 Å². The van der Waals surface area contributed by atoms with Crippen LogP contribution in [0.15, 0.2) is 18.2 Å². The molecule has 0 aliphatic heterocycles. The maximum Gasteiger partial charge on any atom is 0.0133 e. The molecule has 0 heterocycles. The van der Waals surface area contributed by atoms with E-state index in [1.165, 1.54) is 22.0 Å². The van der Waals surface area contributed by atoms with Crippen molar-refractivity contribution in [2.75, 3.05) is 0 Å². The highest BCUT2D eigenvalue weighted by Crippen LogP contribution is 2.41. The van der Waals surface area contributed by atoms with Gasteiger partial charge in [0, 0.05) is 3.57 Å². The van der Waals surface area contributed by atoms with Crippen molar-refractivity contribution in [1.29, 1.82) is 0 Å². The van der Waals surface area contributed by atoms with Gasteiger partial charge in [-0.15, -0.1) is 0 Å². The molecule has 0 radical (unpaired) electrons. The van der Waals surface area contributed by atoms with Crippen LogP contribution in [0.3, 0.4) is 0 Å². The molecule has 11 heavy (non-hydrogen) atoms. The van der Waals surface area contributed by atoms with Crippen molar-refractivity contribution in [3.05, 3.63) is 32.9 Å². The molecular formula is C10H11I. The minimum atomic E-state index is 0.893. The normalized spacial score (nSPS) is 16.9. The Hall–Kier alpha value is -0.0500. The maximum absolute atomic E-state index is 2.38. The summed E-state index contributed by atoms with van der Waals surface area (Å²) in [6, 6.07) is 6.74. The van der Waals surface area contributed by atoms with E-state index in [2.05, 4.69) is 47.7 Å². The summed E-state index contributed by atoms with van der Waals surface area (Å²) in [6.45, 7) is 2.21. The van der Waals surface area contributed by atoms with Crippen LogP contribution >= 0.6 is 22.6 Å². The van der Waals surface area contributed by atoms with Crippen molar-refractivity contribution in [3.63, 3.8) is 0 Å².